The molecular weight excluding hydrogens is 236 g/mol. The largest absolute Gasteiger partial charge is 0.369 e. The lowest BCUT2D eigenvalue weighted by Crippen LogP contribution is -2.42. The first-order chi connectivity index (χ1) is 9.04. The molecule has 2 heteroatoms. The first kappa shape index (κ1) is 16.4. The van der Waals surface area contributed by atoms with Crippen molar-refractivity contribution in [3.63, 3.8) is 0 Å². The molecule has 2 nitrogen and oxygen atoms in total. The number of hydrogen-bond donors (Lipinski definition) is 0. The molecule has 3 rings (SSSR count). The molecule has 2 aliphatic carbocycles. The van der Waals surface area contributed by atoms with Gasteiger partial charge in [0.25, 0.3) is 0 Å². The van der Waals surface area contributed by atoms with Crippen molar-refractivity contribution in [2.75, 3.05) is 0 Å². The molecule has 2 saturated carbocycles. The van der Waals surface area contributed by atoms with E-state index in [9.17, 15) is 0 Å². The van der Waals surface area contributed by atoms with E-state index in [4.69, 9.17) is 9.53 Å². The van der Waals surface area contributed by atoms with Gasteiger partial charge in [0.15, 0.2) is 0 Å². The molecular formula is C17H30O2. The average molecular weight is 266 g/mol. The second-order valence-corrected chi connectivity index (χ2v) is 6.43. The normalized spacial score (nSPS) is 37.8. The number of hydrogen-bond acceptors (Lipinski definition) is 2. The van der Waals surface area contributed by atoms with E-state index in [1.807, 2.05) is 0 Å². The van der Waals surface area contributed by atoms with Gasteiger partial charge in [-0.2, -0.15) is 0 Å². The van der Waals surface area contributed by atoms with Crippen LogP contribution in [0.5, 0.6) is 0 Å². The predicted octanol–water partition coefficient (Wildman–Crippen LogP) is 4.53. The lowest BCUT2D eigenvalue weighted by atomic mass is 9.65. The topological polar surface area (TPSA) is 26.3 Å². The van der Waals surface area contributed by atoms with Crippen molar-refractivity contribution < 1.29 is 9.53 Å². The van der Waals surface area contributed by atoms with Crippen molar-refractivity contribution >= 4 is 6.29 Å². The Morgan fingerprint density at radius 2 is 1.68 bits per heavy atom. The second kappa shape index (κ2) is 6.69. The van der Waals surface area contributed by atoms with Crippen molar-refractivity contribution in [3.8, 4) is 0 Å². The summed E-state index contributed by atoms with van der Waals surface area (Å²) in [6, 6.07) is 0. The zero-order chi connectivity index (χ0) is 14.5. The molecule has 0 radical (unpaired) electrons. The van der Waals surface area contributed by atoms with Crippen molar-refractivity contribution in [2.24, 2.45) is 11.8 Å². The van der Waals surface area contributed by atoms with Crippen molar-refractivity contribution in [1.82, 2.24) is 0 Å². The van der Waals surface area contributed by atoms with Gasteiger partial charge in [-0.1, -0.05) is 12.8 Å². The fraction of sp³-hybridized carbons (Fsp3) is 0.824. The van der Waals surface area contributed by atoms with Crippen LogP contribution in [0, 0.1) is 11.8 Å². The number of rotatable bonds is 0. The SMILES string of the molecule is C=C.CC1(C)OC23CCCCC2CCC1C3.CC=O. The minimum atomic E-state index is 0.173. The Kier molecular flexibility index (Phi) is 5.79. The van der Waals surface area contributed by atoms with Crippen LogP contribution in [0.1, 0.15) is 65.7 Å². The summed E-state index contributed by atoms with van der Waals surface area (Å²) in [6.45, 7) is 12.1. The Hall–Kier alpha value is -0.630. The highest BCUT2D eigenvalue weighted by atomic mass is 16.5. The van der Waals surface area contributed by atoms with Crippen LogP contribution in [0.2, 0.25) is 0 Å². The van der Waals surface area contributed by atoms with Crippen LogP contribution >= 0.6 is 0 Å². The van der Waals surface area contributed by atoms with Crippen LogP contribution in [-0.2, 0) is 9.53 Å². The highest BCUT2D eigenvalue weighted by Crippen LogP contribution is 2.58. The molecule has 0 aromatic rings. The summed E-state index contributed by atoms with van der Waals surface area (Å²) in [5.74, 6) is 1.74. The molecule has 3 fully saturated rings. The Morgan fingerprint density at radius 1 is 1.11 bits per heavy atom. The standard InChI is InChI=1S/C13H22O.C2H4O.C2H4/c1-12(2)11-7-6-10-5-3-4-8-13(10,9-11)14-12;1-2-3;1-2/h10-11H,3-9H2,1-2H3;2H,1H3;1-2H2. The van der Waals surface area contributed by atoms with Gasteiger partial charge in [0.05, 0.1) is 11.2 Å². The minimum Gasteiger partial charge on any atom is -0.369 e. The Morgan fingerprint density at radius 3 is 2.32 bits per heavy atom. The third kappa shape index (κ3) is 3.28. The molecule has 1 aliphatic heterocycles. The van der Waals surface area contributed by atoms with E-state index in [0.29, 0.717) is 5.60 Å². The molecule has 3 unspecified atom stereocenters. The molecule has 3 aliphatic rings. The molecule has 0 amide bonds. The van der Waals surface area contributed by atoms with E-state index in [2.05, 4.69) is 27.0 Å². The molecule has 110 valence electrons. The zero-order valence-corrected chi connectivity index (χ0v) is 12.9. The Labute approximate surface area is 118 Å². The molecule has 0 aromatic heterocycles. The monoisotopic (exact) mass is 266 g/mol. The number of fused-ring (bicyclic) bond motifs is 1. The molecule has 1 heterocycles. The van der Waals surface area contributed by atoms with Crippen molar-refractivity contribution in [1.29, 1.82) is 0 Å². The predicted molar refractivity (Wildman–Crippen MR) is 80.2 cm³/mol. The highest BCUT2D eigenvalue weighted by Gasteiger charge is 2.57. The third-order valence-corrected chi connectivity index (χ3v) is 5.05. The third-order valence-electron chi connectivity index (χ3n) is 5.05. The van der Waals surface area contributed by atoms with Crippen LogP contribution in [0.15, 0.2) is 13.2 Å². The van der Waals surface area contributed by atoms with Crippen molar-refractivity contribution in [2.45, 2.75) is 76.9 Å². The summed E-state index contributed by atoms with van der Waals surface area (Å²) in [6.07, 6.45) is 10.6. The molecule has 19 heavy (non-hydrogen) atoms. The van der Waals surface area contributed by atoms with Crippen LogP contribution in [0.3, 0.4) is 0 Å². The van der Waals surface area contributed by atoms with Crippen molar-refractivity contribution in [3.05, 3.63) is 13.2 Å². The molecule has 1 saturated heterocycles. The van der Waals surface area contributed by atoms with E-state index in [-0.39, 0.29) is 5.60 Å². The first-order valence-electron chi connectivity index (χ1n) is 7.64. The summed E-state index contributed by atoms with van der Waals surface area (Å²) < 4.78 is 6.46. The van der Waals surface area contributed by atoms with Crippen LogP contribution in [0.25, 0.3) is 0 Å². The maximum Gasteiger partial charge on any atom is 0.116 e. The summed E-state index contributed by atoms with van der Waals surface area (Å²) in [4.78, 5) is 8.81. The van der Waals surface area contributed by atoms with Gasteiger partial charge in [-0.3, -0.25) is 0 Å². The summed E-state index contributed by atoms with van der Waals surface area (Å²) >= 11 is 0. The number of ether oxygens (including phenoxy) is 1. The number of carbonyl (C=O) groups excluding carboxylic acids is 1. The van der Waals surface area contributed by atoms with Gasteiger partial charge in [-0.15, -0.1) is 13.2 Å². The molecule has 0 N–H and O–H groups in total. The van der Waals surface area contributed by atoms with Gasteiger partial charge in [0.2, 0.25) is 0 Å². The molecule has 2 bridgehead atoms. The summed E-state index contributed by atoms with van der Waals surface area (Å²) in [5.41, 5.74) is 0.497. The van der Waals surface area contributed by atoms with E-state index in [1.54, 1.807) is 0 Å². The van der Waals surface area contributed by atoms with Crippen LogP contribution in [-0.4, -0.2) is 17.5 Å². The van der Waals surface area contributed by atoms with Crippen LogP contribution in [0.4, 0.5) is 0 Å². The number of carbonyl (C=O) groups is 1. The fourth-order valence-electron chi connectivity index (χ4n) is 4.26. The van der Waals surface area contributed by atoms with E-state index in [0.717, 1.165) is 18.1 Å². The van der Waals surface area contributed by atoms with Gasteiger partial charge < -0.3 is 9.53 Å². The highest BCUT2D eigenvalue weighted by molar-refractivity contribution is 5.44. The quantitative estimate of drug-likeness (QED) is 0.475. The van der Waals surface area contributed by atoms with E-state index < -0.39 is 0 Å². The second-order valence-electron chi connectivity index (χ2n) is 6.43. The van der Waals surface area contributed by atoms with Gasteiger partial charge in [-0.25, -0.2) is 0 Å². The van der Waals surface area contributed by atoms with Gasteiger partial charge in [0, 0.05) is 0 Å². The lowest BCUT2D eigenvalue weighted by Gasteiger charge is -2.43. The fourth-order valence-corrected chi connectivity index (χ4v) is 4.26. The molecule has 1 spiro atoms. The maximum absolute atomic E-state index is 8.81. The smallest absolute Gasteiger partial charge is 0.116 e. The first-order valence-corrected chi connectivity index (χ1v) is 7.64. The summed E-state index contributed by atoms with van der Waals surface area (Å²) in [5, 5.41) is 0. The Bertz CT molecular complexity index is 298. The molecule has 0 aromatic carbocycles. The molecule has 3 atom stereocenters. The van der Waals surface area contributed by atoms with Gasteiger partial charge >= 0.3 is 0 Å². The minimum absolute atomic E-state index is 0.173. The average Bonchev–Trinajstić information content (AvgIpc) is 2.58. The van der Waals surface area contributed by atoms with Gasteiger partial charge in [0.1, 0.15) is 6.29 Å². The van der Waals surface area contributed by atoms with Crippen LogP contribution < -0.4 is 0 Å². The van der Waals surface area contributed by atoms with Gasteiger partial charge in [-0.05, 0) is 64.7 Å². The number of aldehydes is 1. The van der Waals surface area contributed by atoms with E-state index in [1.165, 1.54) is 51.9 Å². The summed E-state index contributed by atoms with van der Waals surface area (Å²) in [7, 11) is 0. The van der Waals surface area contributed by atoms with E-state index >= 15 is 0 Å². The lowest BCUT2D eigenvalue weighted by molar-refractivity contribution is -0.129. The Balaban J connectivity index is 0.000000321. The zero-order valence-electron chi connectivity index (χ0n) is 12.9. The maximum atomic E-state index is 8.81.